The number of ether oxygens (including phenoxy) is 1. The molecule has 33 heavy (non-hydrogen) atoms. The van der Waals surface area contributed by atoms with Gasteiger partial charge in [0.25, 0.3) is 11.4 Å². The first-order valence-corrected chi connectivity index (χ1v) is 10.2. The molecule has 5 rings (SSSR count). The highest BCUT2D eigenvalue weighted by molar-refractivity contribution is 6.07. The summed E-state index contributed by atoms with van der Waals surface area (Å²) < 4.78 is 6.03. The summed E-state index contributed by atoms with van der Waals surface area (Å²) in [6.45, 7) is 0.146. The standard InChI is InChI=1S/C22H18N4O7/c27-20-18-17-8-9-22(33-17,19(18)21(28)24(20)11-13-4-2-1-3-5-13)12-23-15-7-6-14(25(29)30)10-16(15)26(31)32/h1-10,17-19,23H,11-12H2/t17-,18+,19+,22+/m1/s1. The second-order valence-electron chi connectivity index (χ2n) is 8.22. The number of carbonyl (C=O) groups excluding carboxylic acids is 2. The third kappa shape index (κ3) is 3.24. The molecule has 2 aromatic carbocycles. The van der Waals surface area contributed by atoms with Crippen LogP contribution in [0.5, 0.6) is 0 Å². The molecule has 11 nitrogen and oxygen atoms in total. The number of nitro benzene ring substituents is 2. The molecule has 168 valence electrons. The highest BCUT2D eigenvalue weighted by Crippen LogP contribution is 2.52. The minimum absolute atomic E-state index is 0.0159. The van der Waals surface area contributed by atoms with Crippen molar-refractivity contribution in [1.82, 2.24) is 4.90 Å². The Labute approximate surface area is 186 Å². The molecule has 11 heteroatoms. The summed E-state index contributed by atoms with van der Waals surface area (Å²) in [5.41, 5.74) is -1.14. The van der Waals surface area contributed by atoms with Crippen molar-refractivity contribution in [3.63, 3.8) is 0 Å². The summed E-state index contributed by atoms with van der Waals surface area (Å²) in [6, 6.07) is 12.5. The summed E-state index contributed by atoms with van der Waals surface area (Å²) in [4.78, 5) is 48.6. The number of fused-ring (bicyclic) bond motifs is 5. The number of nitro groups is 2. The zero-order valence-corrected chi connectivity index (χ0v) is 17.1. The molecule has 0 aliphatic carbocycles. The van der Waals surface area contributed by atoms with E-state index in [9.17, 15) is 29.8 Å². The maximum atomic E-state index is 13.3. The van der Waals surface area contributed by atoms with Crippen molar-refractivity contribution < 1.29 is 24.2 Å². The van der Waals surface area contributed by atoms with Gasteiger partial charge in [0.05, 0.1) is 40.4 Å². The zero-order chi connectivity index (χ0) is 23.3. The van der Waals surface area contributed by atoms with Gasteiger partial charge in [-0.2, -0.15) is 0 Å². The molecule has 0 spiro atoms. The quantitative estimate of drug-likeness (QED) is 0.293. The molecule has 2 aromatic rings. The first kappa shape index (κ1) is 20.8. The van der Waals surface area contributed by atoms with Crippen molar-refractivity contribution in [1.29, 1.82) is 0 Å². The van der Waals surface area contributed by atoms with E-state index in [2.05, 4.69) is 5.32 Å². The van der Waals surface area contributed by atoms with Crippen LogP contribution in [0.25, 0.3) is 0 Å². The number of imide groups is 1. The van der Waals surface area contributed by atoms with Crippen LogP contribution < -0.4 is 5.32 Å². The van der Waals surface area contributed by atoms with Gasteiger partial charge >= 0.3 is 0 Å². The van der Waals surface area contributed by atoms with Crippen LogP contribution in [0.15, 0.2) is 60.7 Å². The largest absolute Gasteiger partial charge is 0.376 e. The Morgan fingerprint density at radius 1 is 1.03 bits per heavy atom. The number of benzene rings is 2. The maximum Gasteiger partial charge on any atom is 0.299 e. The third-order valence-corrected chi connectivity index (χ3v) is 6.37. The van der Waals surface area contributed by atoms with Crippen LogP contribution in [0.4, 0.5) is 17.1 Å². The lowest BCUT2D eigenvalue weighted by atomic mass is 9.77. The van der Waals surface area contributed by atoms with Gasteiger partial charge in [-0.05, 0) is 11.6 Å². The lowest BCUT2D eigenvalue weighted by Gasteiger charge is -2.29. The lowest BCUT2D eigenvalue weighted by Crippen LogP contribution is -2.45. The van der Waals surface area contributed by atoms with E-state index in [4.69, 9.17) is 4.74 Å². The van der Waals surface area contributed by atoms with Crippen molar-refractivity contribution in [2.24, 2.45) is 11.8 Å². The third-order valence-electron chi connectivity index (χ3n) is 6.37. The van der Waals surface area contributed by atoms with Gasteiger partial charge in [-0.1, -0.05) is 42.5 Å². The summed E-state index contributed by atoms with van der Waals surface area (Å²) in [5, 5.41) is 25.3. The Hall–Kier alpha value is -4.12. The first-order chi connectivity index (χ1) is 15.8. The number of nitrogens with one attached hydrogen (secondary N) is 1. The van der Waals surface area contributed by atoms with Gasteiger partial charge in [0.15, 0.2) is 0 Å². The Balaban J connectivity index is 1.39. The van der Waals surface area contributed by atoms with E-state index >= 15 is 0 Å². The Kier molecular flexibility index (Phi) is 4.71. The topological polar surface area (TPSA) is 145 Å². The monoisotopic (exact) mass is 450 g/mol. The molecule has 0 aromatic heterocycles. The molecule has 0 saturated carbocycles. The molecular formula is C22H18N4O7. The molecule has 3 aliphatic heterocycles. The molecule has 1 N–H and O–H groups in total. The average Bonchev–Trinajstić information content (AvgIpc) is 3.44. The van der Waals surface area contributed by atoms with E-state index in [0.717, 1.165) is 17.7 Å². The van der Waals surface area contributed by atoms with E-state index in [1.807, 2.05) is 30.3 Å². The molecule has 0 unspecified atom stereocenters. The fourth-order valence-electron chi connectivity index (χ4n) is 4.86. The van der Waals surface area contributed by atoms with Gasteiger partial charge in [0.1, 0.15) is 11.3 Å². The Morgan fingerprint density at radius 3 is 2.48 bits per heavy atom. The molecule has 4 atom stereocenters. The molecule has 3 aliphatic rings. The first-order valence-electron chi connectivity index (χ1n) is 10.2. The molecular weight excluding hydrogens is 432 g/mol. The van der Waals surface area contributed by atoms with E-state index in [0.29, 0.717) is 0 Å². The summed E-state index contributed by atoms with van der Waals surface area (Å²) in [5.74, 6) is -2.06. The van der Waals surface area contributed by atoms with E-state index in [-0.39, 0.29) is 30.6 Å². The van der Waals surface area contributed by atoms with Gasteiger partial charge in [0.2, 0.25) is 11.8 Å². The van der Waals surface area contributed by atoms with Gasteiger partial charge in [-0.3, -0.25) is 34.7 Å². The van der Waals surface area contributed by atoms with Crippen molar-refractivity contribution >= 4 is 28.9 Å². The van der Waals surface area contributed by atoms with Crippen LogP contribution in [-0.4, -0.2) is 44.8 Å². The van der Waals surface area contributed by atoms with Gasteiger partial charge in [-0.25, -0.2) is 0 Å². The molecule has 2 amide bonds. The minimum atomic E-state index is -1.15. The van der Waals surface area contributed by atoms with Crippen LogP contribution in [-0.2, 0) is 20.9 Å². The summed E-state index contributed by atoms with van der Waals surface area (Å²) >= 11 is 0. The fourth-order valence-corrected chi connectivity index (χ4v) is 4.86. The summed E-state index contributed by atoms with van der Waals surface area (Å²) in [7, 11) is 0. The number of carbonyl (C=O) groups is 2. The number of rotatable bonds is 7. The summed E-state index contributed by atoms with van der Waals surface area (Å²) in [6.07, 6.45) is 2.91. The average molecular weight is 450 g/mol. The fraction of sp³-hybridized carbons (Fsp3) is 0.273. The van der Waals surface area contributed by atoms with Crippen molar-refractivity contribution in [2.75, 3.05) is 11.9 Å². The SMILES string of the molecule is O=C1[C@@H]2[C@@H](C(=O)N1Cc1ccccc1)[C@@]1(CNc3ccc([N+](=O)[O-])cc3[N+](=O)[O-])C=C[C@H]2O1. The number of anilines is 1. The number of amides is 2. The lowest BCUT2D eigenvalue weighted by molar-refractivity contribution is -0.393. The van der Waals surface area contributed by atoms with Gasteiger partial charge < -0.3 is 10.1 Å². The van der Waals surface area contributed by atoms with Crippen molar-refractivity contribution in [3.05, 3.63) is 86.5 Å². The normalized spacial score (nSPS) is 27.2. The maximum absolute atomic E-state index is 13.3. The van der Waals surface area contributed by atoms with E-state index < -0.39 is 44.8 Å². The van der Waals surface area contributed by atoms with E-state index in [1.54, 1.807) is 12.2 Å². The highest BCUT2D eigenvalue weighted by Gasteiger charge is 2.67. The van der Waals surface area contributed by atoms with Gasteiger partial charge in [0, 0.05) is 12.6 Å². The van der Waals surface area contributed by atoms with E-state index in [1.165, 1.54) is 11.0 Å². The van der Waals surface area contributed by atoms with Crippen LogP contribution in [0, 0.1) is 32.1 Å². The second kappa shape index (κ2) is 7.48. The second-order valence-corrected chi connectivity index (χ2v) is 8.22. The number of non-ortho nitro benzene ring substituents is 1. The van der Waals surface area contributed by atoms with Crippen LogP contribution >= 0.6 is 0 Å². The predicted octanol–water partition coefficient (Wildman–Crippen LogP) is 2.42. The molecule has 2 saturated heterocycles. The number of hydrogen-bond acceptors (Lipinski definition) is 8. The van der Waals surface area contributed by atoms with Crippen LogP contribution in [0.2, 0.25) is 0 Å². The number of hydrogen-bond donors (Lipinski definition) is 1. The number of nitrogens with zero attached hydrogens (tertiary/aromatic N) is 3. The van der Waals surface area contributed by atoms with Crippen LogP contribution in [0.3, 0.4) is 0 Å². The van der Waals surface area contributed by atoms with Crippen molar-refractivity contribution in [3.8, 4) is 0 Å². The Morgan fingerprint density at radius 2 is 1.79 bits per heavy atom. The van der Waals surface area contributed by atoms with Crippen LogP contribution in [0.1, 0.15) is 5.56 Å². The molecule has 2 bridgehead atoms. The molecule has 0 radical (unpaired) electrons. The molecule has 2 fully saturated rings. The zero-order valence-electron chi connectivity index (χ0n) is 17.1. The highest BCUT2D eigenvalue weighted by atomic mass is 16.6. The smallest absolute Gasteiger partial charge is 0.299 e. The minimum Gasteiger partial charge on any atom is -0.376 e. The van der Waals surface area contributed by atoms with Crippen molar-refractivity contribution in [2.45, 2.75) is 18.2 Å². The molecule has 3 heterocycles. The number of likely N-dealkylation sites (tertiary alicyclic amines) is 1. The van der Waals surface area contributed by atoms with Gasteiger partial charge in [-0.15, -0.1) is 0 Å². The predicted molar refractivity (Wildman–Crippen MR) is 114 cm³/mol. The Bertz CT molecular complexity index is 1210.